The number of nitrogens with one attached hydrogen (secondary N) is 1. The SMILES string of the molecule is CC[C@@H](CNC(=O)c1cccc(CS(C)(=O)=O)c1)N1CCc2ccccc2C1. The van der Waals surface area contributed by atoms with Crippen LogP contribution in [0.2, 0.25) is 0 Å². The van der Waals surface area contributed by atoms with Gasteiger partial charge in [0.2, 0.25) is 0 Å². The highest BCUT2D eigenvalue weighted by Gasteiger charge is 2.22. The van der Waals surface area contributed by atoms with Gasteiger partial charge in [-0.2, -0.15) is 0 Å². The normalized spacial score (nSPS) is 15.6. The average molecular weight is 401 g/mol. The smallest absolute Gasteiger partial charge is 0.251 e. The van der Waals surface area contributed by atoms with Gasteiger partial charge in [0.25, 0.3) is 5.91 Å². The molecule has 2 aromatic rings. The fourth-order valence-corrected chi connectivity index (χ4v) is 4.56. The molecule has 0 saturated carbocycles. The average Bonchev–Trinajstić information content (AvgIpc) is 2.67. The molecule has 150 valence electrons. The lowest BCUT2D eigenvalue weighted by atomic mass is 9.98. The van der Waals surface area contributed by atoms with Crippen molar-refractivity contribution in [3.63, 3.8) is 0 Å². The molecule has 5 nitrogen and oxygen atoms in total. The summed E-state index contributed by atoms with van der Waals surface area (Å²) >= 11 is 0. The van der Waals surface area contributed by atoms with Gasteiger partial charge in [-0.25, -0.2) is 8.42 Å². The minimum absolute atomic E-state index is 0.0567. The molecule has 1 N–H and O–H groups in total. The number of sulfone groups is 1. The van der Waals surface area contributed by atoms with E-state index < -0.39 is 9.84 Å². The van der Waals surface area contributed by atoms with Crippen molar-refractivity contribution in [3.8, 4) is 0 Å². The van der Waals surface area contributed by atoms with Crippen LogP contribution in [0, 0.1) is 0 Å². The third kappa shape index (κ3) is 5.42. The molecule has 1 aliphatic rings. The van der Waals surface area contributed by atoms with Crippen LogP contribution in [0.25, 0.3) is 0 Å². The van der Waals surface area contributed by atoms with Gasteiger partial charge in [0, 0.05) is 37.5 Å². The van der Waals surface area contributed by atoms with Gasteiger partial charge in [0.1, 0.15) is 0 Å². The molecule has 0 aromatic heterocycles. The molecule has 0 unspecified atom stereocenters. The summed E-state index contributed by atoms with van der Waals surface area (Å²) in [5.74, 6) is -0.218. The first-order valence-electron chi connectivity index (χ1n) is 9.71. The number of amides is 1. The summed E-state index contributed by atoms with van der Waals surface area (Å²) in [5.41, 5.74) is 3.92. The first kappa shape index (κ1) is 20.6. The second-order valence-corrected chi connectivity index (χ2v) is 9.67. The summed E-state index contributed by atoms with van der Waals surface area (Å²) in [6.45, 7) is 4.63. The summed E-state index contributed by atoms with van der Waals surface area (Å²) in [5, 5.41) is 3.03. The zero-order valence-corrected chi connectivity index (χ0v) is 17.3. The first-order chi connectivity index (χ1) is 13.4. The molecule has 6 heteroatoms. The Hall–Kier alpha value is -2.18. The Bertz CT molecular complexity index is 940. The summed E-state index contributed by atoms with van der Waals surface area (Å²) in [6, 6.07) is 15.7. The molecule has 0 radical (unpaired) electrons. The van der Waals surface area contributed by atoms with Crippen molar-refractivity contribution >= 4 is 15.7 Å². The van der Waals surface area contributed by atoms with Gasteiger partial charge in [-0.1, -0.05) is 43.3 Å². The van der Waals surface area contributed by atoms with Crippen molar-refractivity contribution in [2.24, 2.45) is 0 Å². The Morgan fingerprint density at radius 2 is 1.89 bits per heavy atom. The Kier molecular flexibility index (Phi) is 6.52. The maximum absolute atomic E-state index is 12.6. The van der Waals surface area contributed by atoms with Crippen molar-refractivity contribution < 1.29 is 13.2 Å². The maximum Gasteiger partial charge on any atom is 0.251 e. The molecule has 0 aliphatic carbocycles. The highest BCUT2D eigenvalue weighted by Crippen LogP contribution is 2.21. The number of nitrogens with zero attached hydrogens (tertiary/aromatic N) is 1. The van der Waals surface area contributed by atoms with Crippen molar-refractivity contribution in [2.75, 3.05) is 19.3 Å². The van der Waals surface area contributed by atoms with Crippen LogP contribution in [0.1, 0.15) is 40.4 Å². The predicted octanol–water partition coefficient (Wildman–Crippen LogP) is 2.80. The van der Waals surface area contributed by atoms with Crippen LogP contribution in [0.4, 0.5) is 0 Å². The zero-order valence-electron chi connectivity index (χ0n) is 16.5. The van der Waals surface area contributed by atoms with E-state index in [0.717, 1.165) is 25.9 Å². The Morgan fingerprint density at radius 1 is 1.14 bits per heavy atom. The fourth-order valence-electron chi connectivity index (χ4n) is 3.78. The number of hydrogen-bond acceptors (Lipinski definition) is 4. The van der Waals surface area contributed by atoms with Crippen LogP contribution < -0.4 is 5.32 Å². The number of carbonyl (C=O) groups is 1. The molecule has 2 aromatic carbocycles. The Labute approximate surface area is 167 Å². The molecular weight excluding hydrogens is 372 g/mol. The van der Waals surface area contributed by atoms with Crippen LogP contribution in [0.3, 0.4) is 0 Å². The molecule has 28 heavy (non-hydrogen) atoms. The molecule has 0 saturated heterocycles. The summed E-state index contributed by atoms with van der Waals surface area (Å²) < 4.78 is 23.0. The Balaban J connectivity index is 1.61. The van der Waals surface area contributed by atoms with Gasteiger partial charge in [-0.15, -0.1) is 0 Å². The molecule has 3 rings (SSSR count). The van der Waals surface area contributed by atoms with Crippen molar-refractivity contribution in [1.82, 2.24) is 10.2 Å². The van der Waals surface area contributed by atoms with E-state index >= 15 is 0 Å². The van der Waals surface area contributed by atoms with Crippen LogP contribution in [0.15, 0.2) is 48.5 Å². The quantitative estimate of drug-likeness (QED) is 0.776. The topological polar surface area (TPSA) is 66.5 Å². The third-order valence-corrected chi connectivity index (χ3v) is 6.12. The van der Waals surface area contributed by atoms with Crippen LogP contribution in [-0.4, -0.2) is 44.6 Å². The van der Waals surface area contributed by atoms with E-state index in [1.54, 1.807) is 24.3 Å². The number of carbonyl (C=O) groups excluding carboxylic acids is 1. The van der Waals surface area contributed by atoms with E-state index in [-0.39, 0.29) is 17.7 Å². The fraction of sp³-hybridized carbons (Fsp3) is 0.409. The molecule has 1 heterocycles. The minimum Gasteiger partial charge on any atom is -0.350 e. The van der Waals surface area contributed by atoms with E-state index in [0.29, 0.717) is 17.7 Å². The third-order valence-electron chi connectivity index (χ3n) is 5.26. The highest BCUT2D eigenvalue weighted by atomic mass is 32.2. The highest BCUT2D eigenvalue weighted by molar-refractivity contribution is 7.89. The van der Waals surface area contributed by atoms with Gasteiger partial charge in [-0.3, -0.25) is 9.69 Å². The van der Waals surface area contributed by atoms with E-state index in [9.17, 15) is 13.2 Å². The van der Waals surface area contributed by atoms with Gasteiger partial charge >= 0.3 is 0 Å². The molecule has 1 atom stereocenters. The van der Waals surface area contributed by atoms with Gasteiger partial charge < -0.3 is 5.32 Å². The van der Waals surface area contributed by atoms with Crippen LogP contribution in [-0.2, 0) is 28.6 Å². The number of fused-ring (bicyclic) bond motifs is 1. The summed E-state index contributed by atoms with van der Waals surface area (Å²) in [4.78, 5) is 15.0. The lowest BCUT2D eigenvalue weighted by molar-refractivity contribution is 0.0926. The molecule has 0 bridgehead atoms. The van der Waals surface area contributed by atoms with Crippen LogP contribution in [0.5, 0.6) is 0 Å². The largest absolute Gasteiger partial charge is 0.350 e. The minimum atomic E-state index is -3.13. The van der Waals surface area contributed by atoms with Gasteiger partial charge in [0.05, 0.1) is 5.75 Å². The Morgan fingerprint density at radius 3 is 2.61 bits per heavy atom. The molecular formula is C22H28N2O3S. The van der Waals surface area contributed by atoms with Crippen molar-refractivity contribution in [2.45, 2.75) is 38.1 Å². The van der Waals surface area contributed by atoms with Crippen LogP contribution >= 0.6 is 0 Å². The zero-order chi connectivity index (χ0) is 20.1. The molecule has 1 amide bonds. The van der Waals surface area contributed by atoms with Gasteiger partial charge in [0.15, 0.2) is 9.84 Å². The predicted molar refractivity (Wildman–Crippen MR) is 112 cm³/mol. The molecule has 0 fully saturated rings. The van der Waals surface area contributed by atoms with E-state index in [1.165, 1.54) is 17.4 Å². The monoisotopic (exact) mass is 400 g/mol. The van der Waals surface area contributed by atoms with Crippen molar-refractivity contribution in [1.29, 1.82) is 0 Å². The number of rotatable bonds is 7. The summed E-state index contributed by atoms with van der Waals surface area (Å²) in [7, 11) is -3.13. The maximum atomic E-state index is 12.6. The lowest BCUT2D eigenvalue weighted by Crippen LogP contribution is -2.45. The molecule has 0 spiro atoms. The molecule has 1 aliphatic heterocycles. The standard InChI is InChI=1S/C22H28N2O3S/c1-3-21(24-12-11-18-8-4-5-9-20(18)15-24)14-23-22(25)19-10-6-7-17(13-19)16-28(2,26)27/h4-10,13,21H,3,11-12,14-16H2,1-2H3,(H,23,25)/t21-/m0/s1. The first-order valence-corrected chi connectivity index (χ1v) is 11.8. The summed E-state index contributed by atoms with van der Waals surface area (Å²) in [6.07, 6.45) is 3.19. The lowest BCUT2D eigenvalue weighted by Gasteiger charge is -2.35. The second-order valence-electron chi connectivity index (χ2n) is 7.53. The second kappa shape index (κ2) is 8.88. The van der Waals surface area contributed by atoms with E-state index in [1.807, 2.05) is 0 Å². The van der Waals surface area contributed by atoms with E-state index in [2.05, 4.69) is 41.4 Å². The van der Waals surface area contributed by atoms with Gasteiger partial charge in [-0.05, 0) is 41.7 Å². The number of hydrogen-bond donors (Lipinski definition) is 1. The van der Waals surface area contributed by atoms with Crippen molar-refractivity contribution in [3.05, 3.63) is 70.8 Å². The van der Waals surface area contributed by atoms with E-state index in [4.69, 9.17) is 0 Å². The number of benzene rings is 2.